The third kappa shape index (κ3) is 2.14. The molecule has 4 fully saturated rings. The van der Waals surface area contributed by atoms with E-state index in [4.69, 9.17) is 0 Å². The van der Waals surface area contributed by atoms with E-state index in [2.05, 4.69) is 27.7 Å². The molecule has 4 aliphatic carbocycles. The number of aliphatic hydroxyl groups is 1. The van der Waals surface area contributed by atoms with Gasteiger partial charge in [-0.05, 0) is 93.5 Å². The van der Waals surface area contributed by atoms with E-state index in [0.717, 1.165) is 23.7 Å². The summed E-state index contributed by atoms with van der Waals surface area (Å²) in [5.74, 6) is 3.54. The van der Waals surface area contributed by atoms with Gasteiger partial charge in [-0.3, -0.25) is 0 Å². The van der Waals surface area contributed by atoms with Gasteiger partial charge in [-0.1, -0.05) is 32.3 Å². The van der Waals surface area contributed by atoms with Crippen LogP contribution in [0.3, 0.4) is 0 Å². The van der Waals surface area contributed by atoms with Crippen LogP contribution in [-0.4, -0.2) is 11.2 Å². The molecule has 0 radical (unpaired) electrons. The molecule has 0 aromatic heterocycles. The Bertz CT molecular complexity index is 516. The Labute approximate surface area is 142 Å². The Morgan fingerprint density at radius 2 is 1.70 bits per heavy atom. The third-order valence-corrected chi connectivity index (χ3v) is 9.06. The van der Waals surface area contributed by atoms with Crippen molar-refractivity contribution in [3.63, 3.8) is 0 Å². The molecule has 4 saturated carbocycles. The van der Waals surface area contributed by atoms with Gasteiger partial charge in [-0.15, -0.1) is 0 Å². The fraction of sp³-hybridized carbons (Fsp3) is 0.909. The molecule has 0 saturated heterocycles. The van der Waals surface area contributed by atoms with Gasteiger partial charge >= 0.3 is 0 Å². The van der Waals surface area contributed by atoms with Gasteiger partial charge in [-0.25, -0.2) is 0 Å². The second-order valence-corrected chi connectivity index (χ2v) is 10.1. The van der Waals surface area contributed by atoms with E-state index in [0.29, 0.717) is 5.41 Å². The summed E-state index contributed by atoms with van der Waals surface area (Å²) >= 11 is 0. The van der Waals surface area contributed by atoms with E-state index in [1.165, 1.54) is 68.9 Å². The average Bonchev–Trinajstić information content (AvgIpc) is 2.79. The minimum absolute atomic E-state index is 0.158. The first-order valence-electron chi connectivity index (χ1n) is 10.2. The maximum atomic E-state index is 11.0. The number of allylic oxidation sites excluding steroid dienone is 1. The van der Waals surface area contributed by atoms with E-state index in [-0.39, 0.29) is 11.5 Å². The average molecular weight is 317 g/mol. The Morgan fingerprint density at radius 3 is 2.43 bits per heavy atom. The van der Waals surface area contributed by atoms with Crippen molar-refractivity contribution in [2.75, 3.05) is 0 Å². The molecule has 1 heteroatoms. The fourth-order valence-corrected chi connectivity index (χ4v) is 7.59. The zero-order chi connectivity index (χ0) is 16.4. The zero-order valence-corrected chi connectivity index (χ0v) is 15.7. The Hall–Kier alpha value is -0.300. The topological polar surface area (TPSA) is 20.2 Å². The maximum Gasteiger partial charge on any atom is 0.0809 e. The Morgan fingerprint density at radius 1 is 0.913 bits per heavy atom. The van der Waals surface area contributed by atoms with E-state index >= 15 is 0 Å². The van der Waals surface area contributed by atoms with Crippen molar-refractivity contribution in [1.29, 1.82) is 0 Å². The molecule has 0 heterocycles. The first kappa shape index (κ1) is 16.2. The summed E-state index contributed by atoms with van der Waals surface area (Å²) in [6.45, 7) is 9.46. The van der Waals surface area contributed by atoms with Crippen molar-refractivity contribution in [2.45, 2.75) is 91.6 Å². The largest absolute Gasteiger partial charge is 0.388 e. The molecule has 4 aliphatic rings. The highest BCUT2D eigenvalue weighted by Gasteiger charge is 2.60. The lowest BCUT2D eigenvalue weighted by atomic mass is 9.45. The number of hydrogen-bond donors (Lipinski definition) is 1. The molecule has 7 atom stereocenters. The lowest BCUT2D eigenvalue weighted by molar-refractivity contribution is -0.119. The molecule has 130 valence electrons. The van der Waals surface area contributed by atoms with Crippen LogP contribution >= 0.6 is 0 Å². The van der Waals surface area contributed by atoms with Gasteiger partial charge < -0.3 is 5.11 Å². The van der Waals surface area contributed by atoms with Crippen LogP contribution < -0.4 is 0 Å². The molecular weight excluding hydrogens is 280 g/mol. The van der Waals surface area contributed by atoms with Crippen LogP contribution in [0.1, 0.15) is 85.5 Å². The Kier molecular flexibility index (Phi) is 3.76. The SMILES string of the molecule is CC(C)=C1C[C@H]2[C@@H]3CC[C@H]4CCCC[C@]4(C)[C@H]3CC[C@]2(C)[C@@H]1O. The summed E-state index contributed by atoms with van der Waals surface area (Å²) < 4.78 is 0. The Balaban J connectivity index is 1.68. The molecule has 0 bridgehead atoms. The normalized spacial score (nSPS) is 52.6. The van der Waals surface area contributed by atoms with Crippen molar-refractivity contribution >= 4 is 0 Å². The molecule has 0 aromatic rings. The summed E-state index contributed by atoms with van der Waals surface area (Å²) in [6, 6.07) is 0. The second kappa shape index (κ2) is 5.35. The van der Waals surface area contributed by atoms with Gasteiger partial charge in [-0.2, -0.15) is 0 Å². The number of hydrogen-bond acceptors (Lipinski definition) is 1. The van der Waals surface area contributed by atoms with Crippen LogP contribution in [0.25, 0.3) is 0 Å². The van der Waals surface area contributed by atoms with Crippen LogP contribution in [0, 0.1) is 34.5 Å². The van der Waals surface area contributed by atoms with Crippen molar-refractivity contribution < 1.29 is 5.11 Å². The summed E-state index contributed by atoms with van der Waals surface area (Å²) in [4.78, 5) is 0. The van der Waals surface area contributed by atoms with Crippen LogP contribution in [0.2, 0.25) is 0 Å². The number of rotatable bonds is 0. The lowest BCUT2D eigenvalue weighted by Gasteiger charge is -2.60. The quantitative estimate of drug-likeness (QED) is 0.566. The van der Waals surface area contributed by atoms with Crippen molar-refractivity contribution in [2.24, 2.45) is 34.5 Å². The van der Waals surface area contributed by atoms with E-state index in [1.54, 1.807) is 0 Å². The number of aliphatic hydroxyl groups excluding tert-OH is 1. The van der Waals surface area contributed by atoms with Gasteiger partial charge in [0.05, 0.1) is 6.10 Å². The van der Waals surface area contributed by atoms with Crippen LogP contribution in [0.4, 0.5) is 0 Å². The van der Waals surface area contributed by atoms with E-state index in [1.807, 2.05) is 0 Å². The van der Waals surface area contributed by atoms with Gasteiger partial charge in [0.2, 0.25) is 0 Å². The molecule has 1 N–H and O–H groups in total. The van der Waals surface area contributed by atoms with E-state index in [9.17, 15) is 5.11 Å². The van der Waals surface area contributed by atoms with Gasteiger partial charge in [0.15, 0.2) is 0 Å². The molecule has 4 rings (SSSR count). The molecule has 0 unspecified atom stereocenters. The van der Waals surface area contributed by atoms with Crippen molar-refractivity contribution in [3.8, 4) is 0 Å². The fourth-order valence-electron chi connectivity index (χ4n) is 7.59. The van der Waals surface area contributed by atoms with E-state index < -0.39 is 0 Å². The summed E-state index contributed by atoms with van der Waals surface area (Å²) in [6.07, 6.45) is 12.4. The standard InChI is InChI=1S/C22H36O/c1-14(2)17-13-19-16-9-8-15-7-5-6-11-21(15,3)18(16)10-12-22(19,4)20(17)23/h15-16,18-20,23H,5-13H2,1-4H3/t15-,16-,18+,19+,20-,21+,22+/m1/s1. The van der Waals surface area contributed by atoms with Gasteiger partial charge in [0.25, 0.3) is 0 Å². The predicted molar refractivity (Wildman–Crippen MR) is 96.1 cm³/mol. The minimum Gasteiger partial charge on any atom is -0.388 e. The van der Waals surface area contributed by atoms with Gasteiger partial charge in [0.1, 0.15) is 0 Å². The maximum absolute atomic E-state index is 11.0. The van der Waals surface area contributed by atoms with Crippen molar-refractivity contribution in [1.82, 2.24) is 0 Å². The summed E-state index contributed by atoms with van der Waals surface area (Å²) in [7, 11) is 0. The highest BCUT2D eigenvalue weighted by Crippen LogP contribution is 2.67. The second-order valence-electron chi connectivity index (χ2n) is 10.1. The summed E-state index contributed by atoms with van der Waals surface area (Å²) in [5, 5.41) is 11.0. The molecule has 0 aliphatic heterocycles. The first-order chi connectivity index (χ1) is 10.9. The first-order valence-corrected chi connectivity index (χ1v) is 10.2. The number of fused-ring (bicyclic) bond motifs is 5. The van der Waals surface area contributed by atoms with Crippen molar-refractivity contribution in [3.05, 3.63) is 11.1 Å². The third-order valence-electron chi connectivity index (χ3n) is 9.06. The smallest absolute Gasteiger partial charge is 0.0809 e. The molecule has 23 heavy (non-hydrogen) atoms. The van der Waals surface area contributed by atoms with Crippen LogP contribution in [-0.2, 0) is 0 Å². The molecule has 0 amide bonds. The molecule has 1 nitrogen and oxygen atoms in total. The van der Waals surface area contributed by atoms with Crippen LogP contribution in [0.15, 0.2) is 11.1 Å². The lowest BCUT2D eigenvalue weighted by Crippen LogP contribution is -2.53. The molecule has 0 aromatic carbocycles. The predicted octanol–water partition coefficient (Wildman–Crippen LogP) is 5.73. The highest BCUT2D eigenvalue weighted by molar-refractivity contribution is 5.27. The summed E-state index contributed by atoms with van der Waals surface area (Å²) in [5.41, 5.74) is 3.53. The molecular formula is C22H36O. The zero-order valence-electron chi connectivity index (χ0n) is 15.7. The monoisotopic (exact) mass is 316 g/mol. The highest BCUT2D eigenvalue weighted by atomic mass is 16.3. The van der Waals surface area contributed by atoms with Crippen LogP contribution in [0.5, 0.6) is 0 Å². The minimum atomic E-state index is -0.171. The molecule has 0 spiro atoms. The van der Waals surface area contributed by atoms with Gasteiger partial charge in [0, 0.05) is 5.41 Å².